The van der Waals surface area contributed by atoms with E-state index in [-0.39, 0.29) is 0 Å². The van der Waals surface area contributed by atoms with Gasteiger partial charge in [0.2, 0.25) is 0 Å². The summed E-state index contributed by atoms with van der Waals surface area (Å²) in [5.74, 6) is 2.06. The van der Waals surface area contributed by atoms with Gasteiger partial charge in [-0.05, 0) is 20.0 Å². The molecule has 0 spiro atoms. The molecule has 1 fully saturated rings. The zero-order chi connectivity index (χ0) is 14.7. The standard InChI is InChI=1S/C15H22N4OS/c1-12-13(9-14(20-12)10-16-2)11-18-4-6-19(7-5-18)15-17-3-8-21-15/h3,8-9,16H,4-7,10-11H2,1-2H3. The van der Waals surface area contributed by atoms with Gasteiger partial charge >= 0.3 is 0 Å². The van der Waals surface area contributed by atoms with E-state index < -0.39 is 0 Å². The number of hydrogen-bond acceptors (Lipinski definition) is 6. The van der Waals surface area contributed by atoms with Gasteiger partial charge in [0.1, 0.15) is 11.5 Å². The first kappa shape index (κ1) is 14.6. The van der Waals surface area contributed by atoms with Crippen molar-refractivity contribution >= 4 is 16.5 Å². The number of aryl methyl sites for hydroxylation is 1. The summed E-state index contributed by atoms with van der Waals surface area (Å²) < 4.78 is 5.77. The maximum atomic E-state index is 5.77. The normalized spacial score (nSPS) is 16.6. The minimum atomic E-state index is 0.790. The van der Waals surface area contributed by atoms with E-state index in [2.05, 4.69) is 33.1 Å². The fourth-order valence-electron chi connectivity index (χ4n) is 2.72. The summed E-state index contributed by atoms with van der Waals surface area (Å²) in [6.45, 7) is 8.07. The van der Waals surface area contributed by atoms with Crippen LogP contribution in [0.25, 0.3) is 0 Å². The van der Waals surface area contributed by atoms with Gasteiger partial charge in [-0.2, -0.15) is 0 Å². The van der Waals surface area contributed by atoms with Crippen molar-refractivity contribution in [2.45, 2.75) is 20.0 Å². The largest absolute Gasteiger partial charge is 0.465 e. The molecule has 0 atom stereocenters. The van der Waals surface area contributed by atoms with Crippen LogP contribution in [0.2, 0.25) is 0 Å². The molecule has 2 aromatic heterocycles. The van der Waals surface area contributed by atoms with Crippen LogP contribution >= 0.6 is 11.3 Å². The number of thiazole rings is 1. The summed E-state index contributed by atoms with van der Waals surface area (Å²) in [5.41, 5.74) is 1.31. The zero-order valence-corrected chi connectivity index (χ0v) is 13.4. The third kappa shape index (κ3) is 3.45. The molecular weight excluding hydrogens is 284 g/mol. The highest BCUT2D eigenvalue weighted by Crippen LogP contribution is 2.21. The average Bonchev–Trinajstić information content (AvgIpc) is 3.11. The van der Waals surface area contributed by atoms with Crippen LogP contribution in [0.1, 0.15) is 17.1 Å². The Morgan fingerprint density at radius 1 is 1.33 bits per heavy atom. The predicted octanol–water partition coefficient (Wildman–Crippen LogP) is 2.09. The number of furan rings is 1. The van der Waals surface area contributed by atoms with E-state index in [1.807, 2.05) is 18.6 Å². The lowest BCUT2D eigenvalue weighted by atomic mass is 10.2. The van der Waals surface area contributed by atoms with Gasteiger partial charge in [0, 0.05) is 49.9 Å². The third-order valence-electron chi connectivity index (χ3n) is 3.88. The Morgan fingerprint density at radius 2 is 2.14 bits per heavy atom. The molecule has 21 heavy (non-hydrogen) atoms. The molecule has 1 aliphatic heterocycles. The van der Waals surface area contributed by atoms with Crippen LogP contribution < -0.4 is 10.2 Å². The van der Waals surface area contributed by atoms with Crippen LogP contribution in [-0.4, -0.2) is 43.1 Å². The monoisotopic (exact) mass is 306 g/mol. The lowest BCUT2D eigenvalue weighted by molar-refractivity contribution is 0.248. The van der Waals surface area contributed by atoms with E-state index in [4.69, 9.17) is 4.42 Å². The second-order valence-electron chi connectivity index (χ2n) is 5.40. The molecule has 0 aromatic carbocycles. The first-order valence-electron chi connectivity index (χ1n) is 7.36. The van der Waals surface area contributed by atoms with Crippen molar-refractivity contribution in [1.29, 1.82) is 0 Å². The van der Waals surface area contributed by atoms with Crippen LogP contribution in [0.4, 0.5) is 5.13 Å². The number of anilines is 1. The van der Waals surface area contributed by atoms with Gasteiger partial charge in [-0.25, -0.2) is 4.98 Å². The molecule has 0 saturated carbocycles. The summed E-state index contributed by atoms with van der Waals surface area (Å²) in [5, 5.41) is 6.32. The second-order valence-corrected chi connectivity index (χ2v) is 6.28. The second kappa shape index (κ2) is 6.60. The first-order chi connectivity index (χ1) is 10.3. The van der Waals surface area contributed by atoms with Crippen molar-refractivity contribution in [3.63, 3.8) is 0 Å². The van der Waals surface area contributed by atoms with Gasteiger partial charge in [0.15, 0.2) is 5.13 Å². The summed E-state index contributed by atoms with van der Waals surface area (Å²) in [4.78, 5) is 9.25. The van der Waals surface area contributed by atoms with Crippen molar-refractivity contribution in [1.82, 2.24) is 15.2 Å². The Bertz CT molecular complexity index is 558. The third-order valence-corrected chi connectivity index (χ3v) is 4.71. The van der Waals surface area contributed by atoms with Crippen LogP contribution in [0.3, 0.4) is 0 Å². The highest BCUT2D eigenvalue weighted by molar-refractivity contribution is 7.13. The van der Waals surface area contributed by atoms with Crippen molar-refractivity contribution in [3.8, 4) is 0 Å². The van der Waals surface area contributed by atoms with E-state index in [1.165, 1.54) is 5.56 Å². The molecule has 0 radical (unpaired) electrons. The molecule has 2 aromatic rings. The van der Waals surface area contributed by atoms with Crippen LogP contribution in [0.15, 0.2) is 22.1 Å². The van der Waals surface area contributed by atoms with Crippen molar-refractivity contribution < 1.29 is 4.42 Å². The van der Waals surface area contributed by atoms with E-state index in [0.29, 0.717) is 0 Å². The average molecular weight is 306 g/mol. The summed E-state index contributed by atoms with van der Waals surface area (Å²) in [6.07, 6.45) is 1.88. The van der Waals surface area contributed by atoms with Gasteiger partial charge in [-0.15, -0.1) is 11.3 Å². The van der Waals surface area contributed by atoms with E-state index in [0.717, 1.165) is 55.9 Å². The van der Waals surface area contributed by atoms with Crippen molar-refractivity contribution in [3.05, 3.63) is 34.7 Å². The van der Waals surface area contributed by atoms with Crippen LogP contribution in [-0.2, 0) is 13.1 Å². The zero-order valence-electron chi connectivity index (χ0n) is 12.6. The lowest BCUT2D eigenvalue weighted by Crippen LogP contribution is -2.45. The number of rotatable bonds is 5. The van der Waals surface area contributed by atoms with Gasteiger partial charge in [0.25, 0.3) is 0 Å². The molecule has 3 rings (SSSR count). The van der Waals surface area contributed by atoms with Crippen LogP contribution in [0.5, 0.6) is 0 Å². The van der Waals surface area contributed by atoms with Gasteiger partial charge in [0.05, 0.1) is 6.54 Å². The maximum absolute atomic E-state index is 5.77. The fraction of sp³-hybridized carbons (Fsp3) is 0.533. The van der Waals surface area contributed by atoms with Gasteiger partial charge in [-0.3, -0.25) is 4.90 Å². The smallest absolute Gasteiger partial charge is 0.185 e. The molecule has 3 heterocycles. The molecule has 1 N–H and O–H groups in total. The summed E-state index contributed by atoms with van der Waals surface area (Å²) in [6, 6.07) is 2.18. The fourth-order valence-corrected chi connectivity index (χ4v) is 3.41. The Kier molecular flexibility index (Phi) is 4.57. The highest BCUT2D eigenvalue weighted by atomic mass is 32.1. The molecule has 0 amide bonds. The summed E-state index contributed by atoms with van der Waals surface area (Å²) in [7, 11) is 1.94. The molecule has 0 unspecified atom stereocenters. The Hall–Kier alpha value is -1.37. The topological polar surface area (TPSA) is 44.5 Å². The lowest BCUT2D eigenvalue weighted by Gasteiger charge is -2.34. The van der Waals surface area contributed by atoms with E-state index in [1.54, 1.807) is 11.3 Å². The molecule has 0 bridgehead atoms. The van der Waals surface area contributed by atoms with Crippen molar-refractivity contribution in [2.24, 2.45) is 0 Å². The van der Waals surface area contributed by atoms with Crippen molar-refractivity contribution in [2.75, 3.05) is 38.1 Å². The number of piperazine rings is 1. The molecule has 5 nitrogen and oxygen atoms in total. The number of aromatic nitrogens is 1. The molecule has 6 heteroatoms. The maximum Gasteiger partial charge on any atom is 0.185 e. The van der Waals surface area contributed by atoms with E-state index in [9.17, 15) is 0 Å². The Labute approximate surface area is 129 Å². The first-order valence-corrected chi connectivity index (χ1v) is 8.24. The predicted molar refractivity (Wildman–Crippen MR) is 85.8 cm³/mol. The quantitative estimate of drug-likeness (QED) is 0.916. The van der Waals surface area contributed by atoms with Gasteiger partial charge < -0.3 is 14.6 Å². The van der Waals surface area contributed by atoms with Gasteiger partial charge in [-0.1, -0.05) is 0 Å². The Morgan fingerprint density at radius 3 is 2.81 bits per heavy atom. The van der Waals surface area contributed by atoms with E-state index >= 15 is 0 Å². The highest BCUT2D eigenvalue weighted by Gasteiger charge is 2.20. The molecule has 114 valence electrons. The number of hydrogen-bond donors (Lipinski definition) is 1. The van der Waals surface area contributed by atoms with Crippen LogP contribution in [0, 0.1) is 6.92 Å². The summed E-state index contributed by atoms with van der Waals surface area (Å²) >= 11 is 1.72. The minimum absolute atomic E-state index is 0.790. The molecule has 1 aliphatic rings. The Balaban J connectivity index is 1.55. The minimum Gasteiger partial charge on any atom is -0.465 e. The molecule has 0 aliphatic carbocycles. The number of nitrogens with one attached hydrogen (secondary N) is 1. The molecular formula is C15H22N4OS. The molecule has 1 saturated heterocycles. The number of nitrogens with zero attached hydrogens (tertiary/aromatic N) is 3. The SMILES string of the molecule is CNCc1cc(CN2CCN(c3nccs3)CC2)c(C)o1.